The minimum Gasteiger partial charge on any atom is -0.507 e. The first kappa shape index (κ1) is 31.2. The van der Waals surface area contributed by atoms with Crippen molar-refractivity contribution in [1.82, 2.24) is 19.4 Å². The summed E-state index contributed by atoms with van der Waals surface area (Å²) in [4.78, 5) is 54.5. The fourth-order valence-corrected chi connectivity index (χ4v) is 7.03. The first-order valence-corrected chi connectivity index (χ1v) is 15.1. The van der Waals surface area contributed by atoms with Gasteiger partial charge in [0.05, 0.1) is 39.6 Å². The third kappa shape index (κ3) is 4.45. The molecule has 0 saturated carbocycles. The van der Waals surface area contributed by atoms with E-state index in [0.717, 1.165) is 16.7 Å². The second kappa shape index (κ2) is 11.2. The van der Waals surface area contributed by atoms with Gasteiger partial charge in [-0.15, -0.1) is 0 Å². The van der Waals surface area contributed by atoms with E-state index in [9.17, 15) is 19.5 Å². The topological polar surface area (TPSA) is 112 Å². The largest absolute Gasteiger partial charge is 0.507 e. The number of phenols is 1. The number of anilines is 2. The van der Waals surface area contributed by atoms with Crippen molar-refractivity contribution in [2.75, 3.05) is 29.9 Å². The molecule has 2 atom stereocenters. The Balaban J connectivity index is 1.84. The lowest BCUT2D eigenvalue weighted by Crippen LogP contribution is -2.63. The van der Waals surface area contributed by atoms with Crippen molar-refractivity contribution < 1.29 is 23.5 Å². The first-order valence-electron chi connectivity index (χ1n) is 14.7. The molecule has 0 bridgehead atoms. The van der Waals surface area contributed by atoms with Gasteiger partial charge in [0.25, 0.3) is 5.91 Å². The van der Waals surface area contributed by atoms with E-state index in [1.807, 2.05) is 13.8 Å². The predicted molar refractivity (Wildman–Crippen MR) is 172 cm³/mol. The number of amides is 2. The van der Waals surface area contributed by atoms with Gasteiger partial charge in [0.1, 0.15) is 28.9 Å². The van der Waals surface area contributed by atoms with Crippen LogP contribution in [0.2, 0.25) is 5.02 Å². The zero-order valence-corrected chi connectivity index (χ0v) is 26.6. The number of phenolic OH excluding ortho intramolecular Hbond substituents is 1. The Morgan fingerprint density at radius 3 is 2.52 bits per heavy atom. The lowest BCUT2D eigenvalue weighted by atomic mass is 9.98. The van der Waals surface area contributed by atoms with Crippen LogP contribution in [0.25, 0.3) is 27.7 Å². The molecule has 238 valence electrons. The molecule has 1 fully saturated rings. The average molecular weight is 649 g/mol. The number of piperazine rings is 1. The molecule has 13 heteroatoms. The molecular weight excluding hydrogens is 618 g/mol. The lowest BCUT2D eigenvalue weighted by molar-refractivity contribution is -0.129. The number of aromatic nitrogens is 3. The number of aryl methyl sites for hydroxylation is 1. The normalized spacial score (nSPS) is 17.8. The molecule has 2 amide bonds. The molecule has 1 saturated heterocycles. The van der Waals surface area contributed by atoms with E-state index < -0.39 is 52.2 Å². The molecule has 1 N–H and O–H groups in total. The maximum Gasteiger partial charge on any atom is 0.354 e. The maximum absolute atomic E-state index is 17.4. The smallest absolute Gasteiger partial charge is 0.354 e. The maximum atomic E-state index is 17.4. The third-order valence-corrected chi connectivity index (χ3v) is 9.07. The van der Waals surface area contributed by atoms with Crippen LogP contribution in [0.4, 0.5) is 20.3 Å². The third-order valence-electron chi connectivity index (χ3n) is 8.71. The molecule has 2 aromatic heterocycles. The Morgan fingerprint density at radius 1 is 1.15 bits per heavy atom. The Kier molecular flexibility index (Phi) is 7.58. The highest BCUT2D eigenvalue weighted by atomic mass is 35.5. The van der Waals surface area contributed by atoms with E-state index in [0.29, 0.717) is 11.3 Å². The van der Waals surface area contributed by atoms with Crippen molar-refractivity contribution in [3.05, 3.63) is 81.5 Å². The zero-order chi connectivity index (χ0) is 33.4. The molecule has 10 nitrogen and oxygen atoms in total. The Hall–Kier alpha value is -4.84. The minimum absolute atomic E-state index is 0.00935. The molecule has 46 heavy (non-hydrogen) atoms. The van der Waals surface area contributed by atoms with E-state index in [4.69, 9.17) is 11.6 Å². The number of pyridine rings is 1. The van der Waals surface area contributed by atoms with E-state index in [2.05, 4.69) is 16.5 Å². The lowest BCUT2D eigenvalue weighted by Gasteiger charge is -2.45. The summed E-state index contributed by atoms with van der Waals surface area (Å²) in [5.74, 6) is -3.79. The van der Waals surface area contributed by atoms with Crippen LogP contribution < -0.4 is 15.5 Å². The summed E-state index contributed by atoms with van der Waals surface area (Å²) in [7, 11) is 1.43. The van der Waals surface area contributed by atoms with Gasteiger partial charge in [-0.1, -0.05) is 38.1 Å². The van der Waals surface area contributed by atoms with Crippen LogP contribution in [0.3, 0.4) is 0 Å². The van der Waals surface area contributed by atoms with Crippen molar-refractivity contribution in [3.63, 3.8) is 0 Å². The highest BCUT2D eigenvalue weighted by Crippen LogP contribution is 2.51. The van der Waals surface area contributed by atoms with Crippen LogP contribution in [0.1, 0.15) is 37.9 Å². The van der Waals surface area contributed by atoms with E-state index in [1.165, 1.54) is 29.0 Å². The Morgan fingerprint density at radius 2 is 1.87 bits per heavy atom. The summed E-state index contributed by atoms with van der Waals surface area (Å²) in [6.07, 6.45) is 2.74. The number of hydrogen-bond donors (Lipinski definition) is 1. The standard InChI is InChI=1S/C33H31ClF2N6O4/c1-7-21(44)40-13-17(5)41-19(14-40)32(45)39(6)29-24-30(26(36)23(25(29)34)22-18(35)9-8-10-20(22)43)42(33(46)38-31(24)41)28-16(4)11-12-37-27(28)15(2)3/h7-12,15,17,19,43H,1,13-14H2,2-6H3. The van der Waals surface area contributed by atoms with Crippen LogP contribution >= 0.6 is 11.6 Å². The number of nitrogens with zero attached hydrogens (tertiary/aromatic N) is 6. The minimum atomic E-state index is -1.10. The number of carbonyl (C=O) groups is 2. The molecule has 0 aliphatic carbocycles. The molecule has 4 heterocycles. The second-order valence-electron chi connectivity index (χ2n) is 11.9. The van der Waals surface area contributed by atoms with Crippen LogP contribution in [-0.4, -0.2) is 68.6 Å². The quantitative estimate of drug-likeness (QED) is 0.307. The van der Waals surface area contributed by atoms with Gasteiger partial charge >= 0.3 is 5.69 Å². The van der Waals surface area contributed by atoms with Gasteiger partial charge in [-0.3, -0.25) is 19.1 Å². The summed E-state index contributed by atoms with van der Waals surface area (Å²) in [5.41, 5.74) is -0.947. The summed E-state index contributed by atoms with van der Waals surface area (Å²) < 4.78 is 34.0. The van der Waals surface area contributed by atoms with Crippen molar-refractivity contribution in [3.8, 4) is 22.6 Å². The Bertz CT molecular complexity index is 2030. The SMILES string of the molecule is C=CC(=O)N1CC(C)N2c3nc(=O)n(-c4c(C)ccnc4C(C)C)c4c(F)c(-c5c(O)cccc5F)c(Cl)c(c34)N(C)C(=O)C2C1. The molecule has 0 radical (unpaired) electrons. The monoisotopic (exact) mass is 648 g/mol. The molecule has 2 aliphatic heterocycles. The van der Waals surface area contributed by atoms with Crippen LogP contribution in [0.15, 0.2) is 47.9 Å². The number of rotatable bonds is 4. The summed E-state index contributed by atoms with van der Waals surface area (Å²) in [5, 5.41) is 10.5. The fraction of sp³-hybridized carbons (Fsp3) is 0.303. The summed E-state index contributed by atoms with van der Waals surface area (Å²) >= 11 is 6.96. The van der Waals surface area contributed by atoms with Gasteiger partial charge in [-0.25, -0.2) is 13.6 Å². The molecule has 2 aromatic carbocycles. The van der Waals surface area contributed by atoms with Crippen molar-refractivity contribution >= 4 is 45.8 Å². The average Bonchev–Trinajstić information content (AvgIpc) is 3.09. The van der Waals surface area contributed by atoms with Crippen LogP contribution in [-0.2, 0) is 9.59 Å². The van der Waals surface area contributed by atoms with Gasteiger partial charge in [-0.2, -0.15) is 4.98 Å². The van der Waals surface area contributed by atoms with Gasteiger partial charge in [-0.05, 0) is 49.6 Å². The number of likely N-dealkylation sites (N-methyl/N-ethyl adjacent to an activating group) is 1. The van der Waals surface area contributed by atoms with Gasteiger partial charge < -0.3 is 19.8 Å². The van der Waals surface area contributed by atoms with E-state index in [-0.39, 0.29) is 58.0 Å². The molecule has 6 rings (SSSR count). The summed E-state index contributed by atoms with van der Waals surface area (Å²) in [6.45, 7) is 10.9. The number of carbonyl (C=O) groups excluding carboxylic acids is 2. The Labute approximate surface area is 268 Å². The fourth-order valence-electron chi connectivity index (χ4n) is 6.63. The summed E-state index contributed by atoms with van der Waals surface area (Å²) in [6, 6.07) is 3.57. The van der Waals surface area contributed by atoms with Crippen molar-refractivity contribution in [1.29, 1.82) is 0 Å². The molecule has 0 spiro atoms. The number of aromatic hydroxyl groups is 1. The van der Waals surface area contributed by atoms with Gasteiger partial charge in [0.2, 0.25) is 5.91 Å². The highest BCUT2D eigenvalue weighted by Gasteiger charge is 2.46. The molecule has 2 unspecified atom stereocenters. The number of fused-ring (bicyclic) bond motifs is 2. The van der Waals surface area contributed by atoms with Crippen molar-refractivity contribution in [2.45, 2.75) is 45.7 Å². The van der Waals surface area contributed by atoms with Gasteiger partial charge in [0.15, 0.2) is 5.82 Å². The van der Waals surface area contributed by atoms with E-state index >= 15 is 8.78 Å². The van der Waals surface area contributed by atoms with Gasteiger partial charge in [0, 0.05) is 31.4 Å². The number of halogens is 3. The molecule has 4 aromatic rings. The zero-order valence-electron chi connectivity index (χ0n) is 25.8. The first-order chi connectivity index (χ1) is 21.8. The number of hydrogen-bond acceptors (Lipinski definition) is 7. The predicted octanol–water partition coefficient (Wildman–Crippen LogP) is 5.08. The highest BCUT2D eigenvalue weighted by molar-refractivity contribution is 6.39. The van der Waals surface area contributed by atoms with Crippen molar-refractivity contribution in [2.24, 2.45) is 0 Å². The number of benzene rings is 2. The molecular formula is C33H31ClF2N6O4. The molecule has 2 aliphatic rings. The van der Waals surface area contributed by atoms with Crippen LogP contribution in [0.5, 0.6) is 5.75 Å². The van der Waals surface area contributed by atoms with Crippen LogP contribution in [0, 0.1) is 18.6 Å². The van der Waals surface area contributed by atoms with E-state index in [1.54, 1.807) is 31.0 Å². The second-order valence-corrected chi connectivity index (χ2v) is 12.3.